The lowest BCUT2D eigenvalue weighted by Crippen LogP contribution is -2.51. The van der Waals surface area contributed by atoms with Crippen LogP contribution in [0.15, 0.2) is 36.4 Å². The summed E-state index contributed by atoms with van der Waals surface area (Å²) in [6.07, 6.45) is 1.29. The Bertz CT molecular complexity index is 916. The van der Waals surface area contributed by atoms with Crippen LogP contribution < -0.4 is 5.32 Å². The maximum atomic E-state index is 13.4. The van der Waals surface area contributed by atoms with Gasteiger partial charge in [-0.25, -0.2) is 0 Å². The van der Waals surface area contributed by atoms with Gasteiger partial charge in [0, 0.05) is 28.2 Å². The van der Waals surface area contributed by atoms with Crippen molar-refractivity contribution in [2.45, 2.75) is 58.7 Å². The zero-order valence-corrected chi connectivity index (χ0v) is 20.7. The first-order valence-electron chi connectivity index (χ1n) is 10.1. The van der Waals surface area contributed by atoms with Crippen LogP contribution in [0.3, 0.4) is 0 Å². The fourth-order valence-corrected chi connectivity index (χ4v) is 3.98. The van der Waals surface area contributed by atoms with E-state index in [0.29, 0.717) is 37.6 Å². The lowest BCUT2D eigenvalue weighted by atomic mass is 10.1. The maximum Gasteiger partial charge on any atom is 0.243 e. The minimum atomic E-state index is -0.670. The molecule has 0 fully saturated rings. The summed E-state index contributed by atoms with van der Waals surface area (Å²) in [6, 6.07) is 9.54. The molecule has 0 aliphatic rings. The molecule has 0 heterocycles. The van der Waals surface area contributed by atoms with E-state index in [9.17, 15) is 9.59 Å². The molecule has 0 saturated heterocycles. The molecule has 0 bridgehead atoms. The van der Waals surface area contributed by atoms with Gasteiger partial charge in [0.05, 0.1) is 16.5 Å². The Morgan fingerprint density at radius 3 is 2.13 bits per heavy atom. The van der Waals surface area contributed by atoms with Gasteiger partial charge in [-0.15, -0.1) is 0 Å². The third-order valence-corrected chi connectivity index (χ3v) is 6.56. The first kappa shape index (κ1) is 25.8. The number of carbonyl (C=O) groups is 2. The van der Waals surface area contributed by atoms with Crippen molar-refractivity contribution >= 4 is 58.2 Å². The highest BCUT2D eigenvalue weighted by molar-refractivity contribution is 6.42. The number of amides is 2. The fourth-order valence-electron chi connectivity index (χ4n) is 3.14. The summed E-state index contributed by atoms with van der Waals surface area (Å²) in [6.45, 7) is 5.90. The number of benzene rings is 2. The van der Waals surface area contributed by atoms with Gasteiger partial charge in [0.15, 0.2) is 0 Å². The second kappa shape index (κ2) is 12.0. The van der Waals surface area contributed by atoms with Crippen molar-refractivity contribution in [2.24, 2.45) is 0 Å². The van der Waals surface area contributed by atoms with E-state index in [2.05, 4.69) is 5.32 Å². The molecule has 2 aromatic rings. The Morgan fingerprint density at radius 2 is 1.58 bits per heavy atom. The van der Waals surface area contributed by atoms with Gasteiger partial charge in [0.25, 0.3) is 0 Å². The normalized spacial score (nSPS) is 12.9. The molecule has 31 heavy (non-hydrogen) atoms. The van der Waals surface area contributed by atoms with Crippen molar-refractivity contribution in [1.29, 1.82) is 0 Å². The number of hydrogen-bond acceptors (Lipinski definition) is 2. The first-order valence-corrected chi connectivity index (χ1v) is 11.7. The Labute approximate surface area is 203 Å². The Kier molecular flexibility index (Phi) is 9.95. The van der Waals surface area contributed by atoms with Crippen molar-refractivity contribution in [3.8, 4) is 0 Å². The third-order valence-electron chi connectivity index (χ3n) is 5.12. The number of halogens is 4. The predicted octanol–water partition coefficient (Wildman–Crippen LogP) is 6.56. The molecule has 0 aliphatic carbocycles. The van der Waals surface area contributed by atoms with Crippen molar-refractivity contribution in [3.63, 3.8) is 0 Å². The fraction of sp³-hybridized carbons (Fsp3) is 0.391. The van der Waals surface area contributed by atoms with Crippen LogP contribution >= 0.6 is 46.4 Å². The largest absolute Gasteiger partial charge is 0.352 e. The van der Waals surface area contributed by atoms with Crippen LogP contribution in [0.1, 0.15) is 44.7 Å². The summed E-state index contributed by atoms with van der Waals surface area (Å²) in [7, 11) is 0. The monoisotopic (exact) mass is 502 g/mol. The van der Waals surface area contributed by atoms with Gasteiger partial charge >= 0.3 is 0 Å². The summed E-state index contributed by atoms with van der Waals surface area (Å²) < 4.78 is 0. The molecule has 2 rings (SSSR count). The highest BCUT2D eigenvalue weighted by Gasteiger charge is 2.30. The smallest absolute Gasteiger partial charge is 0.243 e. The summed E-state index contributed by atoms with van der Waals surface area (Å²) >= 11 is 24.8. The third kappa shape index (κ3) is 7.01. The molecule has 4 nitrogen and oxygen atoms in total. The summed E-state index contributed by atoms with van der Waals surface area (Å²) in [5.74, 6) is -0.442. The second-order valence-electron chi connectivity index (χ2n) is 7.39. The van der Waals surface area contributed by atoms with Gasteiger partial charge in [-0.2, -0.15) is 0 Å². The minimum Gasteiger partial charge on any atom is -0.352 e. The van der Waals surface area contributed by atoms with Crippen LogP contribution in [0, 0.1) is 0 Å². The number of nitrogens with one attached hydrogen (secondary N) is 1. The molecule has 0 aliphatic heterocycles. The second-order valence-corrected chi connectivity index (χ2v) is 9.02. The van der Waals surface area contributed by atoms with Gasteiger partial charge in [-0.1, -0.05) is 72.4 Å². The Balaban J connectivity index is 2.38. The Hall–Kier alpha value is -1.46. The van der Waals surface area contributed by atoms with Crippen molar-refractivity contribution in [3.05, 3.63) is 67.6 Å². The van der Waals surface area contributed by atoms with Gasteiger partial charge in [-0.05, 0) is 49.6 Å². The van der Waals surface area contributed by atoms with Crippen LogP contribution in [0.5, 0.6) is 0 Å². The molecular formula is C23H26Cl4N2O2. The van der Waals surface area contributed by atoms with Gasteiger partial charge in [0.2, 0.25) is 11.8 Å². The Morgan fingerprint density at radius 1 is 0.935 bits per heavy atom. The molecule has 0 aromatic heterocycles. The topological polar surface area (TPSA) is 49.4 Å². The standard InChI is InChI=1S/C23H26Cl4N2O2/c1-4-14(3)28-23(31)21(5-2)29(13-16-17(24)7-6-8-18(16)25)22(30)12-15-9-10-19(26)20(27)11-15/h6-11,14,21H,4-5,12-13H2,1-3H3,(H,28,31)/t14-,21+/m0/s1. The minimum absolute atomic E-state index is 0.00234. The molecule has 0 saturated carbocycles. The van der Waals surface area contributed by atoms with E-state index < -0.39 is 6.04 Å². The van der Waals surface area contributed by atoms with E-state index in [-0.39, 0.29) is 30.8 Å². The zero-order chi connectivity index (χ0) is 23.1. The van der Waals surface area contributed by atoms with Crippen LogP contribution in [0.25, 0.3) is 0 Å². The molecular weight excluding hydrogens is 478 g/mol. The number of rotatable bonds is 9. The van der Waals surface area contributed by atoms with Crippen molar-refractivity contribution in [2.75, 3.05) is 0 Å². The van der Waals surface area contributed by atoms with E-state index in [1.54, 1.807) is 36.4 Å². The van der Waals surface area contributed by atoms with Crippen LogP contribution in [-0.2, 0) is 22.6 Å². The highest BCUT2D eigenvalue weighted by atomic mass is 35.5. The van der Waals surface area contributed by atoms with Crippen LogP contribution in [-0.4, -0.2) is 28.8 Å². The molecule has 0 spiro atoms. The first-order chi connectivity index (χ1) is 14.7. The summed E-state index contributed by atoms with van der Waals surface area (Å²) in [5, 5.41) is 4.64. The summed E-state index contributed by atoms with van der Waals surface area (Å²) in [4.78, 5) is 27.9. The van der Waals surface area contributed by atoms with Gasteiger partial charge in [-0.3, -0.25) is 9.59 Å². The van der Waals surface area contributed by atoms with Crippen LogP contribution in [0.4, 0.5) is 0 Å². The average molecular weight is 504 g/mol. The number of carbonyl (C=O) groups excluding carboxylic acids is 2. The zero-order valence-electron chi connectivity index (χ0n) is 17.7. The van der Waals surface area contributed by atoms with E-state index in [0.717, 1.165) is 6.42 Å². The molecule has 2 aromatic carbocycles. The van der Waals surface area contributed by atoms with Crippen molar-refractivity contribution < 1.29 is 9.59 Å². The maximum absolute atomic E-state index is 13.4. The molecule has 8 heteroatoms. The molecule has 168 valence electrons. The van der Waals surface area contributed by atoms with E-state index in [1.165, 1.54) is 4.90 Å². The SMILES string of the molecule is CC[C@H](C(=O)N[C@@H](C)CC)N(Cc1c(Cl)cccc1Cl)C(=O)Cc1ccc(Cl)c(Cl)c1. The van der Waals surface area contributed by atoms with Crippen LogP contribution in [0.2, 0.25) is 20.1 Å². The van der Waals surface area contributed by atoms with E-state index in [1.807, 2.05) is 20.8 Å². The number of hydrogen-bond donors (Lipinski definition) is 1. The van der Waals surface area contributed by atoms with Gasteiger partial charge in [0.1, 0.15) is 6.04 Å². The number of nitrogens with zero attached hydrogens (tertiary/aromatic N) is 1. The molecule has 1 N–H and O–H groups in total. The van der Waals surface area contributed by atoms with Gasteiger partial charge < -0.3 is 10.2 Å². The van der Waals surface area contributed by atoms with E-state index >= 15 is 0 Å². The summed E-state index contributed by atoms with van der Waals surface area (Å²) in [5.41, 5.74) is 1.30. The van der Waals surface area contributed by atoms with E-state index in [4.69, 9.17) is 46.4 Å². The quantitative estimate of drug-likeness (QED) is 0.421. The lowest BCUT2D eigenvalue weighted by Gasteiger charge is -2.32. The molecule has 0 unspecified atom stereocenters. The molecule has 0 radical (unpaired) electrons. The molecule has 2 atom stereocenters. The highest BCUT2D eigenvalue weighted by Crippen LogP contribution is 2.28. The molecule has 2 amide bonds. The predicted molar refractivity (Wildman–Crippen MR) is 129 cm³/mol. The lowest BCUT2D eigenvalue weighted by molar-refractivity contribution is -0.141. The average Bonchev–Trinajstić information content (AvgIpc) is 2.72. The van der Waals surface area contributed by atoms with Crippen molar-refractivity contribution in [1.82, 2.24) is 10.2 Å².